The van der Waals surface area contributed by atoms with Gasteiger partial charge in [0.1, 0.15) is 0 Å². The molecule has 1 aliphatic rings. The number of benzene rings is 1. The van der Waals surface area contributed by atoms with E-state index >= 15 is 0 Å². The average molecular weight is 233 g/mol. The second-order valence-corrected chi connectivity index (χ2v) is 6.47. The molecule has 0 saturated heterocycles. The second kappa shape index (κ2) is 4.25. The summed E-state index contributed by atoms with van der Waals surface area (Å²) in [6.45, 7) is 8.97. The van der Waals surface area contributed by atoms with Gasteiger partial charge < -0.3 is 0 Å². The first-order valence-electron chi connectivity index (χ1n) is 5.81. The number of nitrogens with zero attached hydrogens (tertiary/aromatic N) is 1. The van der Waals surface area contributed by atoms with Crippen molar-refractivity contribution in [2.24, 2.45) is 4.99 Å². The smallest absolute Gasteiger partial charge is 0.0671 e. The van der Waals surface area contributed by atoms with Gasteiger partial charge in [-0.25, -0.2) is 0 Å². The Morgan fingerprint density at radius 1 is 1.31 bits per heavy atom. The molecule has 0 bridgehead atoms. The third-order valence-corrected chi connectivity index (χ3v) is 4.70. The van der Waals surface area contributed by atoms with Crippen LogP contribution in [0.1, 0.15) is 33.3 Å². The third kappa shape index (κ3) is 1.91. The molecule has 0 fully saturated rings. The molecule has 0 radical (unpaired) electrons. The van der Waals surface area contributed by atoms with E-state index in [0.717, 1.165) is 11.4 Å². The molecule has 2 heteroatoms. The van der Waals surface area contributed by atoms with Crippen LogP contribution < -0.4 is 0 Å². The van der Waals surface area contributed by atoms with E-state index in [-0.39, 0.29) is 5.41 Å². The lowest BCUT2D eigenvalue weighted by Gasteiger charge is -2.26. The van der Waals surface area contributed by atoms with Gasteiger partial charge in [-0.15, -0.1) is 0 Å². The first kappa shape index (κ1) is 11.7. The number of fused-ring (bicyclic) bond motifs is 1. The van der Waals surface area contributed by atoms with Crippen molar-refractivity contribution in [3.63, 3.8) is 0 Å². The molecular formula is C14H19NS. The van der Waals surface area contributed by atoms with Crippen molar-refractivity contribution in [2.45, 2.75) is 38.4 Å². The van der Waals surface area contributed by atoms with E-state index in [4.69, 9.17) is 0 Å². The Bertz CT molecular complexity index is 422. The van der Waals surface area contributed by atoms with Crippen LogP contribution in [0, 0.1) is 0 Å². The summed E-state index contributed by atoms with van der Waals surface area (Å²) in [5.74, 6) is 1.12. The number of thioether (sulfide) groups is 1. The van der Waals surface area contributed by atoms with Crippen LogP contribution in [0.2, 0.25) is 0 Å². The molecule has 16 heavy (non-hydrogen) atoms. The molecule has 2 rings (SSSR count). The molecule has 0 spiro atoms. The first-order chi connectivity index (χ1) is 7.54. The lowest BCUT2D eigenvalue weighted by Crippen LogP contribution is -2.31. The van der Waals surface area contributed by atoms with Gasteiger partial charge in [0.2, 0.25) is 0 Å². The van der Waals surface area contributed by atoms with Crippen molar-refractivity contribution < 1.29 is 0 Å². The minimum absolute atomic E-state index is 0.130. The van der Waals surface area contributed by atoms with Crippen LogP contribution in [-0.4, -0.2) is 16.7 Å². The summed E-state index contributed by atoms with van der Waals surface area (Å²) in [6, 6.07) is 8.52. The summed E-state index contributed by atoms with van der Waals surface area (Å²) >= 11 is 2.01. The van der Waals surface area contributed by atoms with Crippen LogP contribution in [0.4, 0.5) is 5.69 Å². The Balaban J connectivity index is 2.31. The molecule has 1 aromatic rings. The minimum atomic E-state index is 0.130. The molecular weight excluding hydrogens is 214 g/mol. The van der Waals surface area contributed by atoms with E-state index in [1.54, 1.807) is 0 Å². The predicted molar refractivity (Wildman–Crippen MR) is 74.2 cm³/mol. The van der Waals surface area contributed by atoms with Crippen molar-refractivity contribution in [3.05, 3.63) is 29.8 Å². The van der Waals surface area contributed by atoms with Crippen LogP contribution in [0.5, 0.6) is 0 Å². The fourth-order valence-electron chi connectivity index (χ4n) is 2.05. The number of para-hydroxylation sites is 1. The Morgan fingerprint density at radius 3 is 2.69 bits per heavy atom. The molecule has 1 unspecified atom stereocenters. The lowest BCUT2D eigenvalue weighted by atomic mass is 9.82. The van der Waals surface area contributed by atoms with E-state index in [0.29, 0.717) is 5.25 Å². The second-order valence-electron chi connectivity index (χ2n) is 4.91. The van der Waals surface area contributed by atoms with Gasteiger partial charge in [-0.1, -0.05) is 32.0 Å². The minimum Gasteiger partial charge on any atom is -0.257 e. The van der Waals surface area contributed by atoms with E-state index in [2.05, 4.69) is 57.0 Å². The molecule has 1 atom stereocenters. The molecule has 1 nitrogen and oxygen atoms in total. The van der Waals surface area contributed by atoms with Crippen molar-refractivity contribution in [1.82, 2.24) is 0 Å². The van der Waals surface area contributed by atoms with Crippen molar-refractivity contribution in [3.8, 4) is 0 Å². The molecule has 0 aliphatic carbocycles. The molecule has 0 saturated carbocycles. The standard InChI is InChI=1S/C14H19NS/c1-10(2)16-9-14(4)11(3)15-13-8-6-5-7-12(13)14/h5-8,10H,9H2,1-4H3. The molecule has 1 heterocycles. The largest absolute Gasteiger partial charge is 0.257 e. The average Bonchev–Trinajstić information content (AvgIpc) is 2.50. The summed E-state index contributed by atoms with van der Waals surface area (Å²) in [7, 11) is 0. The topological polar surface area (TPSA) is 12.4 Å². The van der Waals surface area contributed by atoms with Crippen molar-refractivity contribution in [2.75, 3.05) is 5.75 Å². The van der Waals surface area contributed by atoms with E-state index in [1.165, 1.54) is 11.3 Å². The van der Waals surface area contributed by atoms with Gasteiger partial charge in [-0.2, -0.15) is 11.8 Å². The van der Waals surface area contributed by atoms with Crippen LogP contribution in [0.15, 0.2) is 29.3 Å². The molecule has 86 valence electrons. The van der Waals surface area contributed by atoms with E-state index < -0.39 is 0 Å². The highest BCUT2D eigenvalue weighted by molar-refractivity contribution is 7.99. The van der Waals surface area contributed by atoms with Gasteiger partial charge in [0.25, 0.3) is 0 Å². The summed E-state index contributed by atoms with van der Waals surface area (Å²) in [6.07, 6.45) is 0. The van der Waals surface area contributed by atoms with Crippen molar-refractivity contribution in [1.29, 1.82) is 0 Å². The number of rotatable bonds is 3. The Labute approximate surface area is 102 Å². The quantitative estimate of drug-likeness (QED) is 0.762. The molecule has 0 N–H and O–H groups in total. The van der Waals surface area contributed by atoms with E-state index in [1.807, 2.05) is 11.8 Å². The molecule has 0 amide bonds. The Morgan fingerprint density at radius 2 is 2.00 bits per heavy atom. The molecule has 1 aromatic carbocycles. The summed E-state index contributed by atoms with van der Waals surface area (Å²) in [5.41, 5.74) is 3.93. The number of aliphatic imine (C=N–C) groups is 1. The summed E-state index contributed by atoms with van der Waals surface area (Å²) in [5, 5.41) is 0.678. The third-order valence-electron chi connectivity index (χ3n) is 3.29. The molecule has 1 aliphatic heterocycles. The zero-order chi connectivity index (χ0) is 11.8. The first-order valence-corrected chi connectivity index (χ1v) is 6.86. The van der Waals surface area contributed by atoms with Gasteiger partial charge >= 0.3 is 0 Å². The number of hydrogen-bond donors (Lipinski definition) is 0. The molecule has 0 aromatic heterocycles. The highest BCUT2D eigenvalue weighted by Gasteiger charge is 2.36. The van der Waals surface area contributed by atoms with E-state index in [9.17, 15) is 0 Å². The van der Waals surface area contributed by atoms with Crippen molar-refractivity contribution >= 4 is 23.2 Å². The van der Waals surface area contributed by atoms with Crippen LogP contribution in [0.3, 0.4) is 0 Å². The maximum Gasteiger partial charge on any atom is 0.0671 e. The lowest BCUT2D eigenvalue weighted by molar-refractivity contribution is 0.745. The van der Waals surface area contributed by atoms with Gasteiger partial charge in [-0.05, 0) is 30.7 Å². The maximum absolute atomic E-state index is 4.69. The zero-order valence-corrected chi connectivity index (χ0v) is 11.3. The van der Waals surface area contributed by atoms with Crippen LogP contribution in [0.25, 0.3) is 0 Å². The Hall–Kier alpha value is -0.760. The Kier molecular flexibility index (Phi) is 3.11. The van der Waals surface area contributed by atoms with Crippen LogP contribution in [-0.2, 0) is 5.41 Å². The predicted octanol–water partition coefficient (Wildman–Crippen LogP) is 4.19. The van der Waals surface area contributed by atoms with Gasteiger partial charge in [0, 0.05) is 16.9 Å². The monoisotopic (exact) mass is 233 g/mol. The highest BCUT2D eigenvalue weighted by Crippen LogP contribution is 2.42. The normalized spacial score (nSPS) is 23.4. The fourth-order valence-corrected chi connectivity index (χ4v) is 3.08. The van der Waals surface area contributed by atoms with Gasteiger partial charge in [-0.3, -0.25) is 4.99 Å². The highest BCUT2D eigenvalue weighted by atomic mass is 32.2. The SMILES string of the molecule is CC1=Nc2ccccc2C1(C)CSC(C)C. The summed E-state index contributed by atoms with van der Waals surface area (Å²) < 4.78 is 0. The zero-order valence-electron chi connectivity index (χ0n) is 10.4. The van der Waals surface area contributed by atoms with Crippen LogP contribution >= 0.6 is 11.8 Å². The summed E-state index contributed by atoms with van der Waals surface area (Å²) in [4.78, 5) is 4.69. The fraction of sp³-hybridized carbons (Fsp3) is 0.500. The van der Waals surface area contributed by atoms with Gasteiger partial charge in [0.15, 0.2) is 0 Å². The van der Waals surface area contributed by atoms with Gasteiger partial charge in [0.05, 0.1) is 5.69 Å². The maximum atomic E-state index is 4.69. The number of hydrogen-bond acceptors (Lipinski definition) is 2.